The highest BCUT2D eigenvalue weighted by Gasteiger charge is 2.41. The van der Waals surface area contributed by atoms with Crippen LogP contribution in [0.1, 0.15) is 5.56 Å². The lowest BCUT2D eigenvalue weighted by molar-refractivity contribution is 0.122. The summed E-state index contributed by atoms with van der Waals surface area (Å²) in [5.74, 6) is 1.10. The molecule has 134 valence electrons. The highest BCUT2D eigenvalue weighted by molar-refractivity contribution is 5.87. The third-order valence-electron chi connectivity index (χ3n) is 4.94. The summed E-state index contributed by atoms with van der Waals surface area (Å²) < 4.78 is 6.95. The van der Waals surface area contributed by atoms with E-state index in [0.717, 1.165) is 36.1 Å². The maximum atomic E-state index is 9.81. The Morgan fingerprint density at radius 3 is 2.81 bits per heavy atom. The van der Waals surface area contributed by atoms with Gasteiger partial charge in [0.2, 0.25) is 0 Å². The molecule has 2 fully saturated rings. The number of nitrogens with zero attached hydrogens (tertiary/aromatic N) is 5. The van der Waals surface area contributed by atoms with Gasteiger partial charge in [0.15, 0.2) is 5.65 Å². The molecule has 2 aliphatic rings. The average molecular weight is 352 g/mol. The first-order valence-electron chi connectivity index (χ1n) is 8.49. The summed E-state index contributed by atoms with van der Waals surface area (Å²) in [6, 6.07) is 4.46. The number of ether oxygens (including phenoxy) is 1. The number of hydrogen-bond acceptors (Lipinski definition) is 8. The third kappa shape index (κ3) is 2.51. The lowest BCUT2D eigenvalue weighted by Crippen LogP contribution is -2.56. The molecule has 0 bridgehead atoms. The summed E-state index contributed by atoms with van der Waals surface area (Å²) in [6.07, 6.45) is 4.27. The van der Waals surface area contributed by atoms with Gasteiger partial charge >= 0.3 is 0 Å². The molecule has 0 aromatic carbocycles. The number of nitriles is 1. The van der Waals surface area contributed by atoms with Crippen molar-refractivity contribution in [3.63, 3.8) is 0 Å². The van der Waals surface area contributed by atoms with Gasteiger partial charge < -0.3 is 26.1 Å². The van der Waals surface area contributed by atoms with Gasteiger partial charge in [-0.15, -0.1) is 0 Å². The summed E-state index contributed by atoms with van der Waals surface area (Å²) in [5, 5.41) is 25.4. The standard InChI is InChI=1S/C17H20N8O/c18-2-1-14(20)25-16-12(8-22-25)13(17(9-19)10-21-11-17)7-15(23-16)24-3-5-26-6-4-24/h1-2,7-8,18,21H,3-6,10-11,20H2. The summed E-state index contributed by atoms with van der Waals surface area (Å²) in [7, 11) is 0. The van der Waals surface area contributed by atoms with E-state index in [9.17, 15) is 5.26 Å². The van der Waals surface area contributed by atoms with Gasteiger partial charge in [0.25, 0.3) is 0 Å². The molecule has 9 nitrogen and oxygen atoms in total. The predicted molar refractivity (Wildman–Crippen MR) is 98.0 cm³/mol. The molecule has 0 saturated carbocycles. The lowest BCUT2D eigenvalue weighted by Gasteiger charge is -2.38. The van der Waals surface area contributed by atoms with Crippen LogP contribution in [0, 0.1) is 16.7 Å². The number of rotatable bonds is 4. The Morgan fingerprint density at radius 1 is 1.42 bits per heavy atom. The zero-order valence-corrected chi connectivity index (χ0v) is 14.3. The van der Waals surface area contributed by atoms with Gasteiger partial charge in [0.05, 0.1) is 25.5 Å². The molecule has 4 heterocycles. The van der Waals surface area contributed by atoms with Crippen molar-refractivity contribution in [3.05, 3.63) is 23.9 Å². The fourth-order valence-corrected chi connectivity index (χ4v) is 3.39. The van der Waals surface area contributed by atoms with Crippen LogP contribution in [0.25, 0.3) is 16.9 Å². The molecule has 2 aromatic rings. The molecule has 0 spiro atoms. The Bertz CT molecular complexity index is 915. The Hall–Kier alpha value is -2.96. The summed E-state index contributed by atoms with van der Waals surface area (Å²) in [5.41, 5.74) is 6.97. The van der Waals surface area contributed by atoms with Crippen molar-refractivity contribution < 1.29 is 4.74 Å². The van der Waals surface area contributed by atoms with Gasteiger partial charge in [-0.05, 0) is 17.7 Å². The molecule has 9 heteroatoms. The number of morpholine rings is 1. The first-order chi connectivity index (χ1) is 12.7. The highest BCUT2D eigenvalue weighted by atomic mass is 16.5. The van der Waals surface area contributed by atoms with Gasteiger partial charge in [-0.25, -0.2) is 4.98 Å². The number of allylic oxidation sites excluding steroid dienone is 1. The Balaban J connectivity index is 1.92. The average Bonchev–Trinajstić information content (AvgIpc) is 3.06. The lowest BCUT2D eigenvalue weighted by atomic mass is 9.76. The summed E-state index contributed by atoms with van der Waals surface area (Å²) in [4.78, 5) is 6.92. The molecular formula is C17H20N8O. The second-order valence-electron chi connectivity index (χ2n) is 6.48. The van der Waals surface area contributed by atoms with Crippen LogP contribution in [0.2, 0.25) is 0 Å². The highest BCUT2D eigenvalue weighted by Crippen LogP contribution is 2.35. The molecule has 2 saturated heterocycles. The Morgan fingerprint density at radius 2 is 2.19 bits per heavy atom. The van der Waals surface area contributed by atoms with Crippen molar-refractivity contribution in [2.24, 2.45) is 5.73 Å². The molecule has 2 aromatic heterocycles. The molecule has 0 unspecified atom stereocenters. The summed E-state index contributed by atoms with van der Waals surface area (Å²) in [6.45, 7) is 3.99. The van der Waals surface area contributed by atoms with Crippen LogP contribution in [0.4, 0.5) is 5.82 Å². The molecule has 4 N–H and O–H groups in total. The Labute approximate surface area is 150 Å². The largest absolute Gasteiger partial charge is 0.384 e. The minimum atomic E-state index is -0.587. The second kappa shape index (κ2) is 6.40. The van der Waals surface area contributed by atoms with Crippen molar-refractivity contribution in [2.75, 3.05) is 44.3 Å². The first kappa shape index (κ1) is 16.5. The van der Waals surface area contributed by atoms with Gasteiger partial charge in [-0.1, -0.05) is 0 Å². The molecule has 0 aliphatic carbocycles. The summed E-state index contributed by atoms with van der Waals surface area (Å²) >= 11 is 0. The monoisotopic (exact) mass is 352 g/mol. The van der Waals surface area contributed by atoms with Gasteiger partial charge in [-0.2, -0.15) is 15.0 Å². The quantitative estimate of drug-likeness (QED) is 0.663. The van der Waals surface area contributed by atoms with Crippen LogP contribution in [0.5, 0.6) is 0 Å². The number of pyridine rings is 1. The van der Waals surface area contributed by atoms with E-state index in [0.29, 0.717) is 37.8 Å². The van der Waals surface area contributed by atoms with E-state index >= 15 is 0 Å². The maximum Gasteiger partial charge on any atom is 0.167 e. The third-order valence-corrected chi connectivity index (χ3v) is 4.94. The van der Waals surface area contributed by atoms with Crippen molar-refractivity contribution in [2.45, 2.75) is 5.41 Å². The molecule has 0 radical (unpaired) electrons. The number of hydrogen-bond donors (Lipinski definition) is 3. The van der Waals surface area contributed by atoms with Gasteiger partial charge in [0, 0.05) is 37.8 Å². The fraction of sp³-hybridized carbons (Fsp3) is 0.412. The molecule has 2 aliphatic heterocycles. The van der Waals surface area contributed by atoms with Crippen molar-refractivity contribution in [1.29, 1.82) is 10.7 Å². The van der Waals surface area contributed by atoms with E-state index in [1.54, 1.807) is 6.20 Å². The Kier molecular flexibility index (Phi) is 4.06. The molecule has 0 atom stereocenters. The second-order valence-corrected chi connectivity index (χ2v) is 6.48. The van der Waals surface area contributed by atoms with Crippen LogP contribution in [-0.2, 0) is 10.2 Å². The fourth-order valence-electron chi connectivity index (χ4n) is 3.39. The normalized spacial score (nSPS) is 19.8. The van der Waals surface area contributed by atoms with Crippen molar-refractivity contribution in [3.8, 4) is 6.07 Å². The number of anilines is 1. The number of nitrogens with one attached hydrogen (secondary N) is 2. The zero-order valence-electron chi connectivity index (χ0n) is 14.3. The topological polar surface area (TPSA) is 129 Å². The number of aromatic nitrogens is 3. The molecule has 0 amide bonds. The van der Waals surface area contributed by atoms with E-state index in [4.69, 9.17) is 20.9 Å². The van der Waals surface area contributed by atoms with Crippen molar-refractivity contribution in [1.82, 2.24) is 20.1 Å². The smallest absolute Gasteiger partial charge is 0.167 e. The number of nitrogens with two attached hydrogens (primary N) is 1. The zero-order chi connectivity index (χ0) is 18.1. The van der Waals surface area contributed by atoms with E-state index < -0.39 is 5.41 Å². The van der Waals surface area contributed by atoms with E-state index in [2.05, 4.69) is 21.4 Å². The minimum Gasteiger partial charge on any atom is -0.384 e. The molecule has 4 rings (SSSR count). The minimum absolute atomic E-state index is 0.310. The SMILES string of the molecule is N#CC1(c2cc(N3CCOCC3)nc3c2cnn3C(N)=CC=N)CNC1. The molecular weight excluding hydrogens is 332 g/mol. The van der Waals surface area contributed by atoms with Crippen LogP contribution < -0.4 is 16.0 Å². The number of fused-ring (bicyclic) bond motifs is 1. The maximum absolute atomic E-state index is 9.81. The van der Waals surface area contributed by atoms with Crippen LogP contribution in [0.15, 0.2) is 18.3 Å². The van der Waals surface area contributed by atoms with Crippen LogP contribution >= 0.6 is 0 Å². The van der Waals surface area contributed by atoms with Gasteiger partial charge in [0.1, 0.15) is 17.1 Å². The van der Waals surface area contributed by atoms with Crippen molar-refractivity contribution >= 4 is 28.9 Å². The molecule has 26 heavy (non-hydrogen) atoms. The van der Waals surface area contributed by atoms with E-state index in [1.807, 2.05) is 6.07 Å². The van der Waals surface area contributed by atoms with Gasteiger partial charge in [-0.3, -0.25) is 0 Å². The first-order valence-corrected chi connectivity index (χ1v) is 8.49. The van der Waals surface area contributed by atoms with E-state index in [1.165, 1.54) is 10.8 Å². The van der Waals surface area contributed by atoms with Crippen LogP contribution in [0.3, 0.4) is 0 Å². The van der Waals surface area contributed by atoms with E-state index in [-0.39, 0.29) is 0 Å². The van der Waals surface area contributed by atoms with Crippen LogP contribution in [-0.4, -0.2) is 60.4 Å². The predicted octanol–water partition coefficient (Wildman–Crippen LogP) is 0.0392.